The number of aldehydes is 1. The van der Waals surface area contributed by atoms with Gasteiger partial charge >= 0.3 is 5.97 Å². The summed E-state index contributed by atoms with van der Waals surface area (Å²) in [5, 5.41) is 8.72. The van der Waals surface area contributed by atoms with Crippen molar-refractivity contribution in [2.24, 2.45) is 0 Å². The second-order valence-corrected chi connectivity index (χ2v) is 3.16. The normalized spacial score (nSPS) is 11.9. The molecule has 4 nitrogen and oxygen atoms in total. The van der Waals surface area contributed by atoms with E-state index in [0.717, 1.165) is 6.07 Å². The highest BCUT2D eigenvalue weighted by molar-refractivity contribution is 5.75. The van der Waals surface area contributed by atoms with Gasteiger partial charge in [0.2, 0.25) is 0 Å². The van der Waals surface area contributed by atoms with Crippen molar-refractivity contribution in [1.82, 2.24) is 0 Å². The molecule has 1 aromatic carbocycles. The van der Waals surface area contributed by atoms with Crippen molar-refractivity contribution >= 4 is 12.3 Å². The average molecular weight is 226 g/mol. The molecule has 0 fully saturated rings. The number of hydrogen-bond donors (Lipinski definition) is 1. The first-order chi connectivity index (χ1) is 7.58. The molecule has 0 saturated heterocycles. The Labute approximate surface area is 91.7 Å². The van der Waals surface area contributed by atoms with Gasteiger partial charge in [-0.25, -0.2) is 9.18 Å². The van der Waals surface area contributed by atoms with Crippen LogP contribution in [-0.2, 0) is 4.79 Å². The summed E-state index contributed by atoms with van der Waals surface area (Å²) in [7, 11) is 0. The first-order valence-electron chi connectivity index (χ1n) is 4.72. The lowest BCUT2D eigenvalue weighted by Gasteiger charge is -2.13. The highest BCUT2D eigenvalue weighted by Crippen LogP contribution is 2.19. The van der Waals surface area contributed by atoms with Crippen molar-refractivity contribution in [3.63, 3.8) is 0 Å². The summed E-state index contributed by atoms with van der Waals surface area (Å²) in [5.41, 5.74) is 0.174. The Kier molecular flexibility index (Phi) is 3.99. The number of ether oxygens (including phenoxy) is 1. The minimum absolute atomic E-state index is 0.167. The lowest BCUT2D eigenvalue weighted by Crippen LogP contribution is -2.26. The van der Waals surface area contributed by atoms with Gasteiger partial charge in [0.25, 0.3) is 0 Å². The summed E-state index contributed by atoms with van der Waals surface area (Å²) in [4.78, 5) is 21.0. The second kappa shape index (κ2) is 5.25. The Morgan fingerprint density at radius 1 is 1.62 bits per heavy atom. The van der Waals surface area contributed by atoms with E-state index in [1.54, 1.807) is 6.92 Å². The number of aliphatic carboxylic acids is 1. The summed E-state index contributed by atoms with van der Waals surface area (Å²) >= 11 is 0. The minimum atomic E-state index is -1.15. The van der Waals surface area contributed by atoms with Crippen molar-refractivity contribution in [3.8, 4) is 5.75 Å². The molecule has 0 radical (unpaired) electrons. The van der Waals surface area contributed by atoms with Gasteiger partial charge in [-0.05, 0) is 24.6 Å². The van der Waals surface area contributed by atoms with Gasteiger partial charge < -0.3 is 9.84 Å². The zero-order chi connectivity index (χ0) is 12.1. The summed E-state index contributed by atoms with van der Waals surface area (Å²) < 4.78 is 18.3. The molecule has 0 aliphatic carbocycles. The van der Waals surface area contributed by atoms with Gasteiger partial charge in [0.15, 0.2) is 17.7 Å². The van der Waals surface area contributed by atoms with Crippen molar-refractivity contribution in [2.75, 3.05) is 0 Å². The topological polar surface area (TPSA) is 63.6 Å². The fourth-order valence-corrected chi connectivity index (χ4v) is 1.15. The average Bonchev–Trinajstić information content (AvgIpc) is 2.26. The molecule has 1 aromatic rings. The second-order valence-electron chi connectivity index (χ2n) is 3.16. The standard InChI is InChI=1S/C11H11FO4/c1-2-9(11(14)15)16-10-4-3-7(6-13)5-8(10)12/h3-6,9H,2H2,1H3,(H,14,15). The van der Waals surface area contributed by atoms with Crippen molar-refractivity contribution in [1.29, 1.82) is 0 Å². The monoisotopic (exact) mass is 226 g/mol. The van der Waals surface area contributed by atoms with Crippen molar-refractivity contribution in [2.45, 2.75) is 19.4 Å². The fraction of sp³-hybridized carbons (Fsp3) is 0.273. The number of hydrogen-bond acceptors (Lipinski definition) is 3. The van der Waals surface area contributed by atoms with Crippen LogP contribution in [0.25, 0.3) is 0 Å². The fourth-order valence-electron chi connectivity index (χ4n) is 1.15. The molecule has 1 atom stereocenters. The van der Waals surface area contributed by atoms with E-state index in [0.29, 0.717) is 6.29 Å². The number of carbonyl (C=O) groups is 2. The Morgan fingerprint density at radius 3 is 2.75 bits per heavy atom. The zero-order valence-corrected chi connectivity index (χ0v) is 8.64. The van der Waals surface area contributed by atoms with E-state index in [9.17, 15) is 14.0 Å². The molecule has 0 heterocycles. The molecule has 0 aliphatic rings. The number of carboxylic acids is 1. The highest BCUT2D eigenvalue weighted by atomic mass is 19.1. The number of rotatable bonds is 5. The predicted octanol–water partition coefficient (Wildman–Crippen LogP) is 1.88. The zero-order valence-electron chi connectivity index (χ0n) is 8.64. The van der Waals surface area contributed by atoms with Crippen LogP contribution < -0.4 is 4.74 Å². The highest BCUT2D eigenvalue weighted by Gasteiger charge is 2.18. The van der Waals surface area contributed by atoms with Crippen LogP contribution in [0, 0.1) is 5.82 Å². The molecule has 0 spiro atoms. The molecule has 0 saturated carbocycles. The first kappa shape index (κ1) is 12.2. The van der Waals surface area contributed by atoms with E-state index in [2.05, 4.69) is 0 Å². The Hall–Kier alpha value is -1.91. The van der Waals surface area contributed by atoms with Gasteiger partial charge in [-0.15, -0.1) is 0 Å². The smallest absolute Gasteiger partial charge is 0.344 e. The lowest BCUT2D eigenvalue weighted by molar-refractivity contribution is -0.145. The third-order valence-electron chi connectivity index (χ3n) is 2.01. The van der Waals surface area contributed by atoms with Crippen LogP contribution in [0.1, 0.15) is 23.7 Å². The lowest BCUT2D eigenvalue weighted by atomic mass is 10.2. The molecular weight excluding hydrogens is 215 g/mol. The third kappa shape index (κ3) is 2.79. The molecule has 1 rings (SSSR count). The summed E-state index contributed by atoms with van der Waals surface area (Å²) in [6.07, 6.45) is -0.359. The van der Waals surface area contributed by atoms with Crippen LogP contribution in [0.15, 0.2) is 18.2 Å². The van der Waals surface area contributed by atoms with Crippen LogP contribution in [0.4, 0.5) is 4.39 Å². The van der Waals surface area contributed by atoms with E-state index in [-0.39, 0.29) is 17.7 Å². The predicted molar refractivity (Wildman–Crippen MR) is 54.1 cm³/mol. The van der Waals surface area contributed by atoms with Gasteiger partial charge in [-0.1, -0.05) is 6.92 Å². The van der Waals surface area contributed by atoms with Crippen molar-refractivity contribution < 1.29 is 23.8 Å². The molecule has 5 heteroatoms. The molecule has 1 N–H and O–H groups in total. The molecule has 0 aromatic heterocycles. The Balaban J connectivity index is 2.88. The maximum absolute atomic E-state index is 13.3. The van der Waals surface area contributed by atoms with E-state index < -0.39 is 17.9 Å². The maximum atomic E-state index is 13.3. The first-order valence-corrected chi connectivity index (χ1v) is 4.72. The van der Waals surface area contributed by atoms with Gasteiger partial charge in [0.1, 0.15) is 6.29 Å². The van der Waals surface area contributed by atoms with Crippen LogP contribution in [0.2, 0.25) is 0 Å². The van der Waals surface area contributed by atoms with Crippen LogP contribution >= 0.6 is 0 Å². The third-order valence-corrected chi connectivity index (χ3v) is 2.01. The molecule has 0 amide bonds. The van der Waals surface area contributed by atoms with Gasteiger partial charge in [-0.2, -0.15) is 0 Å². The van der Waals surface area contributed by atoms with Crippen molar-refractivity contribution in [3.05, 3.63) is 29.6 Å². The molecule has 0 aliphatic heterocycles. The molecule has 16 heavy (non-hydrogen) atoms. The van der Waals surface area contributed by atoms with E-state index in [1.807, 2.05) is 0 Å². The Morgan fingerprint density at radius 2 is 2.31 bits per heavy atom. The Bertz CT molecular complexity index is 403. The largest absolute Gasteiger partial charge is 0.479 e. The summed E-state index contributed by atoms with van der Waals surface area (Å²) in [5.74, 6) is -2.06. The summed E-state index contributed by atoms with van der Waals surface area (Å²) in [6, 6.07) is 3.60. The summed E-state index contributed by atoms with van der Waals surface area (Å²) in [6.45, 7) is 1.62. The van der Waals surface area contributed by atoms with E-state index >= 15 is 0 Å². The number of carboxylic acid groups (broad SMARTS) is 1. The molecule has 1 unspecified atom stereocenters. The maximum Gasteiger partial charge on any atom is 0.344 e. The van der Waals surface area contributed by atoms with Gasteiger partial charge in [0, 0.05) is 5.56 Å². The SMILES string of the molecule is CCC(Oc1ccc(C=O)cc1F)C(=O)O. The number of halogens is 1. The molecule has 0 bridgehead atoms. The quantitative estimate of drug-likeness (QED) is 0.778. The van der Waals surface area contributed by atoms with E-state index in [4.69, 9.17) is 9.84 Å². The molecular formula is C11H11FO4. The number of benzene rings is 1. The molecule has 86 valence electrons. The van der Waals surface area contributed by atoms with Crippen LogP contribution in [-0.4, -0.2) is 23.5 Å². The van der Waals surface area contributed by atoms with Gasteiger partial charge in [0.05, 0.1) is 0 Å². The van der Waals surface area contributed by atoms with Gasteiger partial charge in [-0.3, -0.25) is 4.79 Å². The van der Waals surface area contributed by atoms with Crippen LogP contribution in [0.5, 0.6) is 5.75 Å². The van der Waals surface area contributed by atoms with E-state index in [1.165, 1.54) is 12.1 Å². The minimum Gasteiger partial charge on any atom is -0.479 e. The van der Waals surface area contributed by atoms with Crippen LogP contribution in [0.3, 0.4) is 0 Å². The number of carbonyl (C=O) groups excluding carboxylic acids is 1.